The second-order valence-corrected chi connectivity index (χ2v) is 5.94. The van der Waals surface area contributed by atoms with Crippen molar-refractivity contribution in [3.05, 3.63) is 47.0 Å². The highest BCUT2D eigenvalue weighted by Crippen LogP contribution is 2.39. The first kappa shape index (κ1) is 20.4. The first-order valence-corrected chi connectivity index (χ1v) is 8.50. The fourth-order valence-electron chi connectivity index (χ4n) is 2.43. The lowest BCUT2D eigenvalue weighted by atomic mass is 10.1. The van der Waals surface area contributed by atoms with Gasteiger partial charge in [0.05, 0.1) is 21.3 Å². The van der Waals surface area contributed by atoms with Crippen LogP contribution in [0.3, 0.4) is 0 Å². The van der Waals surface area contributed by atoms with Gasteiger partial charge in [-0.3, -0.25) is 9.59 Å². The Morgan fingerprint density at radius 2 is 1.63 bits per heavy atom. The van der Waals surface area contributed by atoms with Crippen LogP contribution < -0.4 is 24.8 Å². The van der Waals surface area contributed by atoms with Gasteiger partial charge in [0, 0.05) is 29.4 Å². The molecule has 0 aliphatic rings. The Hall–Kier alpha value is -2.93. The van der Waals surface area contributed by atoms with Crippen molar-refractivity contribution in [2.75, 3.05) is 33.2 Å². The third-order valence-electron chi connectivity index (χ3n) is 3.72. The molecule has 0 saturated carbocycles. The third-order valence-corrected chi connectivity index (χ3v) is 3.95. The highest BCUT2D eigenvalue weighted by atomic mass is 35.5. The topological polar surface area (TPSA) is 85.9 Å². The summed E-state index contributed by atoms with van der Waals surface area (Å²) in [5.41, 5.74) is 1.31. The number of halogens is 1. The maximum atomic E-state index is 12.1. The molecule has 2 aromatic rings. The lowest BCUT2D eigenvalue weighted by Crippen LogP contribution is -2.36. The molecule has 0 saturated heterocycles. The second kappa shape index (κ2) is 9.68. The Balaban J connectivity index is 1.96. The Labute approximate surface area is 162 Å². The molecular weight excluding hydrogens is 372 g/mol. The predicted molar refractivity (Wildman–Crippen MR) is 103 cm³/mol. The van der Waals surface area contributed by atoms with Gasteiger partial charge in [-0.2, -0.15) is 0 Å². The van der Waals surface area contributed by atoms with Crippen LogP contribution in [0.5, 0.6) is 17.2 Å². The zero-order valence-electron chi connectivity index (χ0n) is 15.3. The van der Waals surface area contributed by atoms with Crippen LogP contribution in [-0.4, -0.2) is 39.7 Å². The van der Waals surface area contributed by atoms with Crippen LogP contribution in [0.25, 0.3) is 0 Å². The van der Waals surface area contributed by atoms with Gasteiger partial charge in [-0.25, -0.2) is 0 Å². The summed E-state index contributed by atoms with van der Waals surface area (Å²) in [7, 11) is 4.41. The van der Waals surface area contributed by atoms with Crippen molar-refractivity contribution in [1.82, 2.24) is 5.32 Å². The van der Waals surface area contributed by atoms with E-state index < -0.39 is 11.8 Å². The number of benzene rings is 2. The smallest absolute Gasteiger partial charge is 0.313 e. The maximum Gasteiger partial charge on any atom is 0.313 e. The third kappa shape index (κ3) is 5.52. The number of hydrogen-bond acceptors (Lipinski definition) is 5. The van der Waals surface area contributed by atoms with Crippen LogP contribution in [0.1, 0.15) is 5.56 Å². The van der Waals surface area contributed by atoms with E-state index in [9.17, 15) is 9.59 Å². The van der Waals surface area contributed by atoms with Crippen LogP contribution in [0.2, 0.25) is 5.02 Å². The van der Waals surface area contributed by atoms with Gasteiger partial charge >= 0.3 is 11.8 Å². The average molecular weight is 393 g/mol. The summed E-state index contributed by atoms with van der Waals surface area (Å²) in [6.45, 7) is 0.307. The summed E-state index contributed by atoms with van der Waals surface area (Å²) in [4.78, 5) is 24.1. The van der Waals surface area contributed by atoms with Crippen molar-refractivity contribution < 1.29 is 23.8 Å². The first-order chi connectivity index (χ1) is 13.0. The molecule has 0 aromatic heterocycles. The lowest BCUT2D eigenvalue weighted by Gasteiger charge is -2.14. The van der Waals surface area contributed by atoms with E-state index in [1.807, 2.05) is 18.2 Å². The van der Waals surface area contributed by atoms with Crippen LogP contribution >= 0.6 is 11.6 Å². The number of methoxy groups -OCH3 is 3. The Kier molecular flexibility index (Phi) is 7.31. The monoisotopic (exact) mass is 392 g/mol. The molecule has 0 unspecified atom stereocenters. The Morgan fingerprint density at radius 3 is 2.19 bits per heavy atom. The van der Waals surface area contributed by atoms with Gasteiger partial charge < -0.3 is 24.8 Å². The molecule has 2 amide bonds. The van der Waals surface area contributed by atoms with E-state index in [-0.39, 0.29) is 0 Å². The van der Waals surface area contributed by atoms with E-state index in [0.717, 1.165) is 5.56 Å². The molecule has 0 atom stereocenters. The number of carbonyl (C=O) groups is 2. The van der Waals surface area contributed by atoms with Crippen molar-refractivity contribution in [2.45, 2.75) is 6.42 Å². The molecule has 7 nitrogen and oxygen atoms in total. The molecule has 27 heavy (non-hydrogen) atoms. The van der Waals surface area contributed by atoms with Crippen molar-refractivity contribution in [1.29, 1.82) is 0 Å². The van der Waals surface area contributed by atoms with Crippen molar-refractivity contribution in [2.24, 2.45) is 0 Å². The van der Waals surface area contributed by atoms with Gasteiger partial charge in [0.2, 0.25) is 5.75 Å². The molecule has 0 aliphatic heterocycles. The fourth-order valence-corrected chi connectivity index (χ4v) is 2.65. The molecular formula is C19H21ClN2O5. The molecule has 0 fully saturated rings. The number of rotatable bonds is 7. The summed E-state index contributed by atoms with van der Waals surface area (Å²) >= 11 is 5.92. The van der Waals surface area contributed by atoms with Crippen molar-refractivity contribution >= 4 is 29.1 Å². The number of hydrogen-bond donors (Lipinski definition) is 2. The molecule has 0 bridgehead atoms. The number of ether oxygens (including phenoxy) is 3. The van der Waals surface area contributed by atoms with Gasteiger partial charge in [-0.05, 0) is 24.1 Å². The minimum absolute atomic E-state index is 0.307. The molecule has 0 aliphatic carbocycles. The standard InChI is InChI=1S/C19H21ClN2O5/c1-25-15-10-14(11-16(26-2)17(15)27-3)22-19(24)18(23)21-8-7-12-5-4-6-13(20)9-12/h4-6,9-11H,7-8H2,1-3H3,(H,21,23)(H,22,24). The molecule has 144 valence electrons. The lowest BCUT2D eigenvalue weighted by molar-refractivity contribution is -0.136. The highest BCUT2D eigenvalue weighted by Gasteiger charge is 2.17. The number of nitrogens with one attached hydrogen (secondary N) is 2. The summed E-state index contributed by atoms with van der Waals surface area (Å²) in [6.07, 6.45) is 0.559. The van der Waals surface area contributed by atoms with E-state index in [2.05, 4.69) is 10.6 Å². The largest absolute Gasteiger partial charge is 0.493 e. The minimum atomic E-state index is -0.796. The summed E-state index contributed by atoms with van der Waals surface area (Å²) < 4.78 is 15.7. The fraction of sp³-hybridized carbons (Fsp3) is 0.263. The van der Waals surface area contributed by atoms with Gasteiger partial charge in [-0.1, -0.05) is 23.7 Å². The minimum Gasteiger partial charge on any atom is -0.493 e. The summed E-state index contributed by atoms with van der Waals surface area (Å²) in [5, 5.41) is 5.71. The molecule has 0 spiro atoms. The zero-order valence-corrected chi connectivity index (χ0v) is 16.1. The number of amides is 2. The molecule has 0 heterocycles. The second-order valence-electron chi connectivity index (χ2n) is 5.50. The van der Waals surface area contributed by atoms with Crippen LogP contribution in [0.4, 0.5) is 5.69 Å². The van der Waals surface area contributed by atoms with Crippen molar-refractivity contribution in [3.8, 4) is 17.2 Å². The van der Waals surface area contributed by atoms with Crippen LogP contribution in [0, 0.1) is 0 Å². The maximum absolute atomic E-state index is 12.1. The summed E-state index contributed by atoms with van der Waals surface area (Å²) in [6, 6.07) is 10.4. The van der Waals surface area contributed by atoms with Crippen LogP contribution in [-0.2, 0) is 16.0 Å². The van der Waals surface area contributed by atoms with Crippen molar-refractivity contribution in [3.63, 3.8) is 0 Å². The highest BCUT2D eigenvalue weighted by molar-refractivity contribution is 6.39. The zero-order chi connectivity index (χ0) is 19.8. The number of carbonyl (C=O) groups excluding carboxylic acids is 2. The van der Waals surface area contributed by atoms with Gasteiger partial charge in [0.25, 0.3) is 0 Å². The first-order valence-electron chi connectivity index (χ1n) is 8.12. The Morgan fingerprint density at radius 1 is 0.963 bits per heavy atom. The number of anilines is 1. The Bertz CT molecular complexity index is 800. The molecule has 2 aromatic carbocycles. The van der Waals surface area contributed by atoms with Gasteiger partial charge in [0.1, 0.15) is 0 Å². The molecule has 8 heteroatoms. The predicted octanol–water partition coefficient (Wildman–Crippen LogP) is 2.66. The van der Waals surface area contributed by atoms with E-state index in [4.69, 9.17) is 25.8 Å². The SMILES string of the molecule is COc1cc(NC(=O)C(=O)NCCc2cccc(Cl)c2)cc(OC)c1OC. The molecule has 0 radical (unpaired) electrons. The average Bonchev–Trinajstić information content (AvgIpc) is 2.67. The molecule has 2 N–H and O–H groups in total. The van der Waals surface area contributed by atoms with Gasteiger partial charge in [-0.15, -0.1) is 0 Å². The quantitative estimate of drug-likeness (QED) is 0.707. The normalized spacial score (nSPS) is 10.1. The molecule has 2 rings (SSSR count). The van der Waals surface area contributed by atoms with E-state index in [0.29, 0.717) is 40.9 Å². The van der Waals surface area contributed by atoms with E-state index >= 15 is 0 Å². The van der Waals surface area contributed by atoms with Gasteiger partial charge in [0.15, 0.2) is 11.5 Å². The van der Waals surface area contributed by atoms with Crippen LogP contribution in [0.15, 0.2) is 36.4 Å². The van der Waals surface area contributed by atoms with E-state index in [1.165, 1.54) is 21.3 Å². The van der Waals surface area contributed by atoms with E-state index in [1.54, 1.807) is 18.2 Å². The summed E-state index contributed by atoms with van der Waals surface area (Å²) in [5.74, 6) is -0.410.